The van der Waals surface area contributed by atoms with Gasteiger partial charge in [0.05, 0.1) is 11.0 Å². The summed E-state index contributed by atoms with van der Waals surface area (Å²) in [5, 5.41) is 0.575. The molecule has 0 spiro atoms. The summed E-state index contributed by atoms with van der Waals surface area (Å²) in [6, 6.07) is 6.41. The molecule has 1 atom stereocenters. The molecule has 0 heterocycles. The first kappa shape index (κ1) is 28.4. The zero-order valence-electron chi connectivity index (χ0n) is 20.0. The normalized spacial score (nSPS) is 14.2. The first-order chi connectivity index (χ1) is 15.2. The quantitative estimate of drug-likeness (QED) is 0.222. The van der Waals surface area contributed by atoms with E-state index in [0.29, 0.717) is 15.4 Å². The molecule has 0 fully saturated rings. The Morgan fingerprint density at radius 1 is 1.06 bits per heavy atom. The number of esters is 1. The Kier molecular flexibility index (Phi) is 8.06. The fourth-order valence-corrected chi connectivity index (χ4v) is 3.96. The van der Waals surface area contributed by atoms with Crippen LogP contribution in [0.15, 0.2) is 28.7 Å². The van der Waals surface area contributed by atoms with E-state index in [2.05, 4.69) is 15.9 Å². The molecule has 0 aliphatic heterocycles. The summed E-state index contributed by atoms with van der Waals surface area (Å²) in [6.45, 7) is 11.3. The van der Waals surface area contributed by atoms with Gasteiger partial charge in [0.1, 0.15) is 12.7 Å². The molecule has 2 aromatic rings. The number of hydrogen-bond donors (Lipinski definition) is 0. The third-order valence-corrected chi connectivity index (χ3v) is 6.02. The molecule has 0 bridgehead atoms. The SMILES string of the molecule is Cc1cc2ccc(Br)cc2c(OS(=O)(=O)C(F)(F)F)c1[C@@H](COC(=O)C(C)(C)C)OC(C)(C)C. The Labute approximate surface area is 206 Å². The molecule has 0 aliphatic carbocycles. The van der Waals surface area contributed by atoms with Gasteiger partial charge in [0.25, 0.3) is 0 Å². The lowest BCUT2D eigenvalue weighted by atomic mass is 9.95. The number of hydrogen-bond acceptors (Lipinski definition) is 6. The number of carbonyl (C=O) groups excluding carboxylic acids is 1. The predicted molar refractivity (Wildman–Crippen MR) is 126 cm³/mol. The number of rotatable bonds is 6. The van der Waals surface area contributed by atoms with Gasteiger partial charge in [-0.1, -0.05) is 28.1 Å². The van der Waals surface area contributed by atoms with Crippen molar-refractivity contribution in [3.8, 4) is 5.75 Å². The summed E-state index contributed by atoms with van der Waals surface area (Å²) < 4.78 is 80.5. The van der Waals surface area contributed by atoms with E-state index in [1.807, 2.05) is 0 Å². The molecular formula is C23H28BrF3O6S. The van der Waals surface area contributed by atoms with Crippen molar-refractivity contribution in [2.24, 2.45) is 5.41 Å². The van der Waals surface area contributed by atoms with Crippen LogP contribution in [0.25, 0.3) is 10.8 Å². The lowest BCUT2D eigenvalue weighted by molar-refractivity contribution is -0.162. The second kappa shape index (κ2) is 9.66. The maximum Gasteiger partial charge on any atom is 0.534 e. The van der Waals surface area contributed by atoms with E-state index in [9.17, 15) is 26.4 Å². The first-order valence-corrected chi connectivity index (χ1v) is 12.5. The molecule has 0 saturated heterocycles. The number of fused-ring (bicyclic) bond motifs is 1. The van der Waals surface area contributed by atoms with Crippen LogP contribution < -0.4 is 4.18 Å². The van der Waals surface area contributed by atoms with Crippen LogP contribution in [0, 0.1) is 12.3 Å². The van der Waals surface area contributed by atoms with Crippen LogP contribution in [0.3, 0.4) is 0 Å². The number of alkyl halides is 3. The van der Waals surface area contributed by atoms with E-state index in [1.54, 1.807) is 66.7 Å². The second-order valence-corrected chi connectivity index (χ2v) is 12.3. The third-order valence-electron chi connectivity index (χ3n) is 4.57. The van der Waals surface area contributed by atoms with Crippen molar-refractivity contribution in [1.29, 1.82) is 0 Å². The van der Waals surface area contributed by atoms with Crippen molar-refractivity contribution >= 4 is 42.8 Å². The number of halogens is 4. The van der Waals surface area contributed by atoms with Gasteiger partial charge in [-0.2, -0.15) is 21.6 Å². The van der Waals surface area contributed by atoms with E-state index in [4.69, 9.17) is 13.7 Å². The zero-order valence-corrected chi connectivity index (χ0v) is 22.4. The van der Waals surface area contributed by atoms with Crippen molar-refractivity contribution in [3.63, 3.8) is 0 Å². The van der Waals surface area contributed by atoms with Gasteiger partial charge < -0.3 is 13.7 Å². The monoisotopic (exact) mass is 568 g/mol. The number of carbonyl (C=O) groups is 1. The smallest absolute Gasteiger partial charge is 0.462 e. The fraction of sp³-hybridized carbons (Fsp3) is 0.522. The highest BCUT2D eigenvalue weighted by Crippen LogP contribution is 2.42. The van der Waals surface area contributed by atoms with Crippen molar-refractivity contribution in [1.82, 2.24) is 0 Å². The highest BCUT2D eigenvalue weighted by Gasteiger charge is 2.49. The van der Waals surface area contributed by atoms with Crippen molar-refractivity contribution in [3.05, 3.63) is 39.9 Å². The molecule has 2 rings (SSSR count). The lowest BCUT2D eigenvalue weighted by Gasteiger charge is -2.31. The molecule has 0 saturated carbocycles. The second-order valence-electron chi connectivity index (χ2n) is 9.85. The van der Waals surface area contributed by atoms with Gasteiger partial charge in [-0.3, -0.25) is 4.79 Å². The van der Waals surface area contributed by atoms with Crippen LogP contribution in [0.1, 0.15) is 58.8 Å². The zero-order chi connectivity index (χ0) is 26.3. The van der Waals surface area contributed by atoms with Crippen molar-refractivity contribution < 1.29 is 40.0 Å². The van der Waals surface area contributed by atoms with Crippen molar-refractivity contribution in [2.75, 3.05) is 6.61 Å². The molecular weight excluding hydrogens is 541 g/mol. The Morgan fingerprint density at radius 3 is 2.15 bits per heavy atom. The number of aryl methyl sites for hydroxylation is 1. The molecule has 0 aliphatic rings. The largest absolute Gasteiger partial charge is 0.534 e. The van der Waals surface area contributed by atoms with E-state index >= 15 is 0 Å². The molecule has 0 unspecified atom stereocenters. The van der Waals surface area contributed by atoms with Gasteiger partial charge in [-0.05, 0) is 71.5 Å². The molecule has 0 radical (unpaired) electrons. The first-order valence-electron chi connectivity index (χ1n) is 10.3. The van der Waals surface area contributed by atoms with Gasteiger partial charge in [-0.15, -0.1) is 0 Å². The lowest BCUT2D eigenvalue weighted by Crippen LogP contribution is -2.31. The topological polar surface area (TPSA) is 78.9 Å². The molecule has 0 amide bonds. The Hall–Kier alpha value is -1.85. The molecule has 34 heavy (non-hydrogen) atoms. The van der Waals surface area contributed by atoms with Crippen molar-refractivity contribution in [2.45, 2.75) is 65.7 Å². The van der Waals surface area contributed by atoms with E-state index < -0.39 is 44.5 Å². The van der Waals surface area contributed by atoms with Gasteiger partial charge in [0.15, 0.2) is 5.75 Å². The number of benzene rings is 2. The average molecular weight is 569 g/mol. The van der Waals surface area contributed by atoms with Gasteiger partial charge in [-0.25, -0.2) is 0 Å². The molecule has 0 aromatic heterocycles. The highest BCUT2D eigenvalue weighted by molar-refractivity contribution is 9.10. The van der Waals surface area contributed by atoms with E-state index in [0.717, 1.165) is 0 Å². The van der Waals surface area contributed by atoms with Crippen LogP contribution in [0.2, 0.25) is 0 Å². The Balaban J connectivity index is 2.79. The molecule has 6 nitrogen and oxygen atoms in total. The minimum atomic E-state index is -6.00. The maximum absolute atomic E-state index is 13.3. The molecule has 11 heteroatoms. The predicted octanol–water partition coefficient (Wildman–Crippen LogP) is 6.58. The highest BCUT2D eigenvalue weighted by atomic mass is 79.9. The van der Waals surface area contributed by atoms with Gasteiger partial charge >= 0.3 is 21.6 Å². The summed E-state index contributed by atoms with van der Waals surface area (Å²) in [7, 11) is -6.00. The summed E-state index contributed by atoms with van der Waals surface area (Å²) in [5.74, 6) is -1.09. The minimum Gasteiger partial charge on any atom is -0.462 e. The Bertz CT molecular complexity index is 1180. The fourth-order valence-electron chi connectivity index (χ4n) is 3.10. The Morgan fingerprint density at radius 2 is 1.65 bits per heavy atom. The van der Waals surface area contributed by atoms with E-state index in [1.165, 1.54) is 6.07 Å². The van der Waals surface area contributed by atoms with Gasteiger partial charge in [0.2, 0.25) is 0 Å². The summed E-state index contributed by atoms with van der Waals surface area (Å²) >= 11 is 3.26. The van der Waals surface area contributed by atoms with Crippen LogP contribution >= 0.6 is 15.9 Å². The summed E-state index contributed by atoms with van der Waals surface area (Å²) in [4.78, 5) is 12.4. The maximum atomic E-state index is 13.3. The molecule has 0 N–H and O–H groups in total. The van der Waals surface area contributed by atoms with Gasteiger partial charge in [0, 0.05) is 15.4 Å². The van der Waals surface area contributed by atoms with Crippen LogP contribution in [-0.2, 0) is 24.4 Å². The molecule has 190 valence electrons. The van der Waals surface area contributed by atoms with Crippen LogP contribution in [0.4, 0.5) is 13.2 Å². The number of ether oxygens (including phenoxy) is 2. The minimum absolute atomic E-state index is 0.0371. The molecule has 2 aromatic carbocycles. The summed E-state index contributed by atoms with van der Waals surface area (Å²) in [6.07, 6.45) is -1.12. The average Bonchev–Trinajstić information content (AvgIpc) is 2.63. The standard InChI is InChI=1S/C23H28BrF3O6S/c1-13-10-14-8-9-15(24)11-16(14)19(33-34(29,30)23(25,26)27)18(13)17(32-22(5,6)7)12-31-20(28)21(2,3)4/h8-11,17H,12H2,1-7H3/t17-/m1/s1. The van der Waals surface area contributed by atoms with Crippen LogP contribution in [-0.4, -0.2) is 32.1 Å². The third kappa shape index (κ3) is 6.85. The van der Waals surface area contributed by atoms with E-state index in [-0.39, 0.29) is 17.6 Å². The van der Waals surface area contributed by atoms with Crippen LogP contribution in [0.5, 0.6) is 5.75 Å². The summed E-state index contributed by atoms with van der Waals surface area (Å²) in [5.41, 5.74) is -6.87.